The van der Waals surface area contributed by atoms with E-state index in [0.717, 1.165) is 6.92 Å². The Balaban J connectivity index is 0. The van der Waals surface area contributed by atoms with Gasteiger partial charge in [-0.25, -0.2) is 4.79 Å². The molecule has 0 aliphatic heterocycles. The SMILES string of the molecule is CC(=O)C(=O)O.OC[C@@H](O)[C@@H](O)[C@H](O)[C@H](O)CO. The Labute approximate surface area is 103 Å². The van der Waals surface area contributed by atoms with E-state index in [4.69, 9.17) is 35.7 Å². The van der Waals surface area contributed by atoms with Crippen molar-refractivity contribution in [1.29, 1.82) is 0 Å². The summed E-state index contributed by atoms with van der Waals surface area (Å²) in [7, 11) is 0. The second-order valence-electron chi connectivity index (χ2n) is 3.34. The summed E-state index contributed by atoms with van der Waals surface area (Å²) in [4.78, 5) is 18.9. The van der Waals surface area contributed by atoms with Gasteiger partial charge < -0.3 is 35.7 Å². The van der Waals surface area contributed by atoms with Gasteiger partial charge in [-0.15, -0.1) is 0 Å². The largest absolute Gasteiger partial charge is 0.476 e. The molecule has 9 nitrogen and oxygen atoms in total. The molecule has 0 aromatic carbocycles. The zero-order valence-electron chi connectivity index (χ0n) is 9.67. The van der Waals surface area contributed by atoms with Crippen LogP contribution >= 0.6 is 0 Å². The van der Waals surface area contributed by atoms with E-state index >= 15 is 0 Å². The Hall–Kier alpha value is -1.10. The summed E-state index contributed by atoms with van der Waals surface area (Å²) in [6.45, 7) is -0.449. The molecular weight excluding hydrogens is 252 g/mol. The number of hydrogen-bond acceptors (Lipinski definition) is 8. The summed E-state index contributed by atoms with van der Waals surface area (Å²) in [6.07, 6.45) is -6.39. The standard InChI is InChI=1S/C6H14O6.C3H4O3/c7-1-3(9)5(11)6(12)4(10)2-8;1-2(4)3(5)6/h3-12H,1-2H2;1H3,(H,5,6)/t3-,4-,5-,6-;/m1./s1. The lowest BCUT2D eigenvalue weighted by molar-refractivity contribution is -0.148. The van der Waals surface area contributed by atoms with Crippen molar-refractivity contribution in [2.24, 2.45) is 0 Å². The quantitative estimate of drug-likeness (QED) is 0.237. The van der Waals surface area contributed by atoms with E-state index in [1.54, 1.807) is 0 Å². The highest BCUT2D eigenvalue weighted by molar-refractivity contribution is 6.31. The monoisotopic (exact) mass is 270 g/mol. The van der Waals surface area contributed by atoms with Crippen molar-refractivity contribution in [1.82, 2.24) is 0 Å². The molecule has 7 N–H and O–H groups in total. The molecule has 0 unspecified atom stereocenters. The molecule has 0 rings (SSSR count). The number of aliphatic hydroxyl groups excluding tert-OH is 6. The minimum atomic E-state index is -1.67. The lowest BCUT2D eigenvalue weighted by atomic mass is 10.0. The van der Waals surface area contributed by atoms with E-state index in [1.165, 1.54) is 0 Å². The number of aliphatic hydroxyl groups is 6. The van der Waals surface area contributed by atoms with Crippen molar-refractivity contribution in [3.05, 3.63) is 0 Å². The molecule has 0 aliphatic rings. The first-order chi connectivity index (χ1) is 8.18. The third kappa shape index (κ3) is 8.06. The summed E-state index contributed by atoms with van der Waals surface area (Å²) in [5.41, 5.74) is 0. The van der Waals surface area contributed by atoms with Crippen molar-refractivity contribution in [2.45, 2.75) is 31.3 Å². The number of carbonyl (C=O) groups is 2. The van der Waals surface area contributed by atoms with Gasteiger partial charge >= 0.3 is 5.97 Å². The van der Waals surface area contributed by atoms with Crippen molar-refractivity contribution in [3.8, 4) is 0 Å². The zero-order valence-corrected chi connectivity index (χ0v) is 9.67. The third-order valence-corrected chi connectivity index (χ3v) is 1.81. The van der Waals surface area contributed by atoms with E-state index in [-0.39, 0.29) is 0 Å². The number of hydrogen-bond donors (Lipinski definition) is 7. The van der Waals surface area contributed by atoms with Crippen LogP contribution in [-0.4, -0.2) is 85.1 Å². The second kappa shape index (κ2) is 9.88. The van der Waals surface area contributed by atoms with E-state index in [0.29, 0.717) is 0 Å². The van der Waals surface area contributed by atoms with Gasteiger partial charge in [-0.3, -0.25) is 4.79 Å². The number of aliphatic carboxylic acids is 1. The molecule has 0 saturated carbocycles. The first-order valence-electron chi connectivity index (χ1n) is 4.86. The number of carboxylic acids is 1. The van der Waals surface area contributed by atoms with E-state index < -0.39 is 49.4 Å². The summed E-state index contributed by atoms with van der Waals surface area (Å²) < 4.78 is 0. The van der Waals surface area contributed by atoms with Crippen LogP contribution in [0.4, 0.5) is 0 Å². The summed E-state index contributed by atoms with van der Waals surface area (Å²) >= 11 is 0. The van der Waals surface area contributed by atoms with Gasteiger partial charge in [0.15, 0.2) is 0 Å². The van der Waals surface area contributed by atoms with Crippen LogP contribution in [0.25, 0.3) is 0 Å². The first kappa shape index (κ1) is 19.2. The molecule has 4 atom stereocenters. The predicted octanol–water partition coefficient (Wildman–Crippen LogP) is -3.93. The fourth-order valence-corrected chi connectivity index (χ4v) is 0.671. The topological polar surface area (TPSA) is 176 Å². The van der Waals surface area contributed by atoms with Crippen LogP contribution in [-0.2, 0) is 9.59 Å². The van der Waals surface area contributed by atoms with Crippen molar-refractivity contribution in [2.75, 3.05) is 13.2 Å². The minimum absolute atomic E-state index is 0.726. The highest BCUT2D eigenvalue weighted by Crippen LogP contribution is 2.03. The zero-order chi connectivity index (χ0) is 14.9. The maximum atomic E-state index is 9.54. The molecule has 0 spiro atoms. The highest BCUT2D eigenvalue weighted by atomic mass is 16.4. The van der Waals surface area contributed by atoms with Gasteiger partial charge in [0.2, 0.25) is 5.78 Å². The summed E-state index contributed by atoms with van der Waals surface area (Å²) in [5.74, 6) is -2.20. The van der Waals surface area contributed by atoms with Gasteiger partial charge in [0.25, 0.3) is 0 Å². The third-order valence-electron chi connectivity index (χ3n) is 1.81. The number of carbonyl (C=O) groups excluding carboxylic acids is 1. The Morgan fingerprint density at radius 2 is 1.11 bits per heavy atom. The van der Waals surface area contributed by atoms with Crippen molar-refractivity contribution in [3.63, 3.8) is 0 Å². The van der Waals surface area contributed by atoms with Crippen LogP contribution < -0.4 is 0 Å². The fraction of sp³-hybridized carbons (Fsp3) is 0.778. The van der Waals surface area contributed by atoms with E-state index in [9.17, 15) is 9.59 Å². The van der Waals surface area contributed by atoms with Crippen LogP contribution in [0, 0.1) is 0 Å². The van der Waals surface area contributed by atoms with Gasteiger partial charge in [-0.2, -0.15) is 0 Å². The van der Waals surface area contributed by atoms with Crippen LogP contribution in [0.2, 0.25) is 0 Å². The molecule has 0 aromatic heterocycles. The Bertz CT molecular complexity index is 228. The van der Waals surface area contributed by atoms with Crippen LogP contribution in [0.15, 0.2) is 0 Å². The molecule has 0 saturated heterocycles. The smallest absolute Gasteiger partial charge is 0.371 e. The molecule has 0 radical (unpaired) electrons. The van der Waals surface area contributed by atoms with E-state index in [2.05, 4.69) is 0 Å². The number of carboxylic acid groups (broad SMARTS) is 1. The van der Waals surface area contributed by atoms with Gasteiger partial charge in [-0.1, -0.05) is 0 Å². The number of Topliss-reactive ketones (excluding diaryl/α,β-unsaturated/α-hetero) is 1. The highest BCUT2D eigenvalue weighted by Gasteiger charge is 2.29. The van der Waals surface area contributed by atoms with Crippen LogP contribution in [0.1, 0.15) is 6.92 Å². The fourth-order valence-electron chi connectivity index (χ4n) is 0.671. The maximum Gasteiger partial charge on any atom is 0.371 e. The Morgan fingerprint density at radius 3 is 1.22 bits per heavy atom. The predicted molar refractivity (Wildman–Crippen MR) is 56.5 cm³/mol. The first-order valence-corrected chi connectivity index (χ1v) is 4.86. The van der Waals surface area contributed by atoms with Crippen molar-refractivity contribution >= 4 is 11.8 Å². The molecule has 0 bridgehead atoms. The molecule has 0 amide bonds. The molecule has 0 fully saturated rings. The molecule has 18 heavy (non-hydrogen) atoms. The number of rotatable bonds is 6. The summed E-state index contributed by atoms with van der Waals surface area (Å²) in [5, 5.41) is 59.8. The van der Waals surface area contributed by atoms with Gasteiger partial charge in [0.05, 0.1) is 13.2 Å². The normalized spacial score (nSPS) is 16.8. The minimum Gasteiger partial charge on any atom is -0.476 e. The molecule has 0 heterocycles. The van der Waals surface area contributed by atoms with E-state index in [1.807, 2.05) is 0 Å². The molecule has 0 aliphatic carbocycles. The van der Waals surface area contributed by atoms with Gasteiger partial charge in [-0.05, 0) is 0 Å². The lowest BCUT2D eigenvalue weighted by Crippen LogP contribution is -2.46. The van der Waals surface area contributed by atoms with Gasteiger partial charge in [0, 0.05) is 6.92 Å². The lowest BCUT2D eigenvalue weighted by Gasteiger charge is -2.24. The van der Waals surface area contributed by atoms with Crippen LogP contribution in [0.3, 0.4) is 0 Å². The van der Waals surface area contributed by atoms with Gasteiger partial charge in [0.1, 0.15) is 24.4 Å². The Morgan fingerprint density at radius 1 is 0.889 bits per heavy atom. The summed E-state index contributed by atoms with van der Waals surface area (Å²) in [6, 6.07) is 0. The molecule has 9 heteroatoms. The average molecular weight is 270 g/mol. The van der Waals surface area contributed by atoms with Crippen molar-refractivity contribution < 1.29 is 45.3 Å². The molecule has 0 aromatic rings. The second-order valence-corrected chi connectivity index (χ2v) is 3.34. The molecule has 108 valence electrons. The average Bonchev–Trinajstić information content (AvgIpc) is 2.35. The molecular formula is C9H18O9. The van der Waals surface area contributed by atoms with Crippen LogP contribution in [0.5, 0.6) is 0 Å². The Kier molecular flexibility index (Phi) is 10.6. The maximum absolute atomic E-state index is 9.54. The number of ketones is 1.